The Hall–Kier alpha value is -2.18. The van der Waals surface area contributed by atoms with Gasteiger partial charge in [-0.15, -0.1) is 0 Å². The van der Waals surface area contributed by atoms with Crippen LogP contribution in [0.5, 0.6) is 17.2 Å². The highest BCUT2D eigenvalue weighted by Gasteiger charge is 2.24. The largest absolute Gasteiger partial charge is 0.491 e. The highest BCUT2D eigenvalue weighted by atomic mass is 35.5. The monoisotopic (exact) mass is 385 g/mol. The summed E-state index contributed by atoms with van der Waals surface area (Å²) in [7, 11) is 4.28. The number of carbonyl (C=O) groups is 2. The van der Waals surface area contributed by atoms with Crippen LogP contribution in [-0.4, -0.2) is 44.6 Å². The van der Waals surface area contributed by atoms with E-state index < -0.39 is 5.91 Å². The van der Waals surface area contributed by atoms with Gasteiger partial charge >= 0.3 is 0 Å². The third-order valence-corrected chi connectivity index (χ3v) is 4.35. The SMILES string of the molecule is COc1c(Cl)c(/C=C/C(=O)N2CCC=CC2=O)c(Cl)c(OC)c1OC. The van der Waals surface area contributed by atoms with Gasteiger partial charge in [0.15, 0.2) is 11.5 Å². The number of hydrogen-bond acceptors (Lipinski definition) is 5. The van der Waals surface area contributed by atoms with Crippen LogP contribution < -0.4 is 14.2 Å². The van der Waals surface area contributed by atoms with Crippen molar-refractivity contribution in [2.45, 2.75) is 6.42 Å². The Morgan fingerprint density at radius 3 is 2.12 bits per heavy atom. The molecule has 1 aliphatic rings. The molecule has 2 amide bonds. The van der Waals surface area contributed by atoms with Crippen molar-refractivity contribution in [3.63, 3.8) is 0 Å². The predicted octanol–water partition coefficient (Wildman–Crippen LogP) is 3.35. The van der Waals surface area contributed by atoms with E-state index in [1.807, 2.05) is 0 Å². The number of rotatable bonds is 5. The van der Waals surface area contributed by atoms with Gasteiger partial charge in [0.2, 0.25) is 5.75 Å². The second kappa shape index (κ2) is 8.27. The summed E-state index contributed by atoms with van der Waals surface area (Å²) in [6, 6.07) is 0. The summed E-state index contributed by atoms with van der Waals surface area (Å²) in [4.78, 5) is 25.1. The fraction of sp³-hybridized carbons (Fsp3) is 0.294. The predicted molar refractivity (Wildman–Crippen MR) is 95.6 cm³/mol. The van der Waals surface area contributed by atoms with Crippen molar-refractivity contribution >= 4 is 41.1 Å². The lowest BCUT2D eigenvalue weighted by molar-refractivity contribution is -0.139. The number of nitrogens with zero attached hydrogens (tertiary/aromatic N) is 1. The molecule has 6 nitrogen and oxygen atoms in total. The number of ether oxygens (including phenoxy) is 3. The van der Waals surface area contributed by atoms with Crippen molar-refractivity contribution in [1.82, 2.24) is 4.90 Å². The summed E-state index contributed by atoms with van der Waals surface area (Å²) < 4.78 is 15.8. The second-order valence-electron chi connectivity index (χ2n) is 4.99. The summed E-state index contributed by atoms with van der Waals surface area (Å²) in [5.41, 5.74) is 0.325. The molecule has 8 heteroatoms. The summed E-state index contributed by atoms with van der Waals surface area (Å²) in [6.07, 6.45) is 6.37. The van der Waals surface area contributed by atoms with Gasteiger partial charge in [-0.05, 0) is 18.6 Å². The van der Waals surface area contributed by atoms with Crippen LogP contribution in [0.2, 0.25) is 10.0 Å². The minimum Gasteiger partial charge on any atom is -0.491 e. The van der Waals surface area contributed by atoms with E-state index in [9.17, 15) is 9.59 Å². The molecule has 0 aromatic heterocycles. The number of halogens is 2. The molecule has 134 valence electrons. The molecule has 2 rings (SSSR count). The van der Waals surface area contributed by atoms with Gasteiger partial charge in [0.25, 0.3) is 11.8 Å². The first-order valence-electron chi connectivity index (χ1n) is 7.33. The van der Waals surface area contributed by atoms with E-state index in [2.05, 4.69) is 0 Å². The highest BCUT2D eigenvalue weighted by Crippen LogP contribution is 2.50. The van der Waals surface area contributed by atoms with Gasteiger partial charge in [0.05, 0.1) is 31.4 Å². The maximum atomic E-state index is 12.2. The van der Waals surface area contributed by atoms with E-state index in [1.54, 1.807) is 6.08 Å². The summed E-state index contributed by atoms with van der Waals surface area (Å²) >= 11 is 12.7. The zero-order chi connectivity index (χ0) is 18.6. The molecule has 0 saturated heterocycles. The first kappa shape index (κ1) is 19.1. The lowest BCUT2D eigenvalue weighted by Gasteiger charge is -2.20. The topological polar surface area (TPSA) is 65.1 Å². The van der Waals surface area contributed by atoms with Crippen LogP contribution in [0.4, 0.5) is 0 Å². The molecule has 0 radical (unpaired) electrons. The Balaban J connectivity index is 2.43. The van der Waals surface area contributed by atoms with Crippen LogP contribution in [0.3, 0.4) is 0 Å². The van der Waals surface area contributed by atoms with E-state index in [1.165, 1.54) is 39.6 Å². The molecule has 0 atom stereocenters. The van der Waals surface area contributed by atoms with Crippen molar-refractivity contribution < 1.29 is 23.8 Å². The zero-order valence-corrected chi connectivity index (χ0v) is 15.5. The fourth-order valence-electron chi connectivity index (χ4n) is 2.39. The average Bonchev–Trinajstić information content (AvgIpc) is 2.61. The van der Waals surface area contributed by atoms with Crippen LogP contribution in [-0.2, 0) is 9.59 Å². The van der Waals surface area contributed by atoms with Gasteiger partial charge in [-0.3, -0.25) is 14.5 Å². The van der Waals surface area contributed by atoms with E-state index >= 15 is 0 Å². The van der Waals surface area contributed by atoms with E-state index in [-0.39, 0.29) is 33.2 Å². The van der Waals surface area contributed by atoms with Crippen molar-refractivity contribution in [2.75, 3.05) is 27.9 Å². The minimum absolute atomic E-state index is 0.166. The molecule has 1 aliphatic heterocycles. The molecule has 0 N–H and O–H groups in total. The zero-order valence-electron chi connectivity index (χ0n) is 14.0. The third kappa shape index (κ3) is 3.75. The van der Waals surface area contributed by atoms with Gasteiger partial charge in [-0.1, -0.05) is 29.3 Å². The quantitative estimate of drug-likeness (QED) is 0.727. The van der Waals surface area contributed by atoms with Crippen molar-refractivity contribution in [1.29, 1.82) is 0 Å². The Bertz CT molecular complexity index is 727. The molecule has 0 unspecified atom stereocenters. The molecule has 0 fully saturated rings. The number of methoxy groups -OCH3 is 3. The molecule has 0 bridgehead atoms. The van der Waals surface area contributed by atoms with E-state index in [0.717, 1.165) is 4.90 Å². The van der Waals surface area contributed by atoms with Crippen molar-refractivity contribution in [3.8, 4) is 17.2 Å². The van der Waals surface area contributed by atoms with Crippen molar-refractivity contribution in [3.05, 3.63) is 33.8 Å². The standard InChI is InChI=1S/C17H17Cl2NO5/c1-23-15-13(18)10(14(19)16(24-2)17(15)25-3)7-8-12(22)20-9-5-4-6-11(20)21/h4,6-8H,5,9H2,1-3H3/b8-7+. The summed E-state index contributed by atoms with van der Waals surface area (Å²) in [6.45, 7) is 0.329. The number of benzene rings is 1. The second-order valence-corrected chi connectivity index (χ2v) is 5.75. The fourth-order valence-corrected chi connectivity index (χ4v) is 3.08. The van der Waals surface area contributed by atoms with Gasteiger partial charge in [0.1, 0.15) is 0 Å². The summed E-state index contributed by atoms with van der Waals surface area (Å²) in [5.74, 6) is -0.109. The molecule has 0 saturated carbocycles. The molecule has 25 heavy (non-hydrogen) atoms. The van der Waals surface area contributed by atoms with Crippen LogP contribution in [0.15, 0.2) is 18.2 Å². The van der Waals surface area contributed by atoms with Gasteiger partial charge in [-0.25, -0.2) is 0 Å². The smallest absolute Gasteiger partial charge is 0.253 e. The molecule has 0 spiro atoms. The molecule has 0 aliphatic carbocycles. The van der Waals surface area contributed by atoms with Crippen LogP contribution >= 0.6 is 23.2 Å². The van der Waals surface area contributed by atoms with E-state index in [0.29, 0.717) is 18.5 Å². The Morgan fingerprint density at radius 1 is 1.08 bits per heavy atom. The molecule has 1 heterocycles. The minimum atomic E-state index is -0.463. The highest BCUT2D eigenvalue weighted by molar-refractivity contribution is 6.39. The van der Waals surface area contributed by atoms with Crippen LogP contribution in [0, 0.1) is 0 Å². The molecule has 1 aromatic carbocycles. The maximum Gasteiger partial charge on any atom is 0.253 e. The van der Waals surface area contributed by atoms with Gasteiger partial charge < -0.3 is 14.2 Å². The number of amides is 2. The average molecular weight is 386 g/mol. The first-order chi connectivity index (χ1) is 12.0. The molecular formula is C17H17Cl2NO5. The Kier molecular flexibility index (Phi) is 6.33. The van der Waals surface area contributed by atoms with E-state index in [4.69, 9.17) is 37.4 Å². The van der Waals surface area contributed by atoms with Crippen LogP contribution in [0.25, 0.3) is 6.08 Å². The molecule has 1 aromatic rings. The Morgan fingerprint density at radius 2 is 1.64 bits per heavy atom. The summed E-state index contributed by atoms with van der Waals surface area (Å²) in [5, 5.41) is 0.332. The van der Waals surface area contributed by atoms with Crippen molar-refractivity contribution in [2.24, 2.45) is 0 Å². The number of hydrogen-bond donors (Lipinski definition) is 0. The number of imide groups is 1. The molecular weight excluding hydrogens is 369 g/mol. The number of carbonyl (C=O) groups excluding carboxylic acids is 2. The normalized spacial score (nSPS) is 14.1. The lowest BCUT2D eigenvalue weighted by atomic mass is 10.1. The maximum absolute atomic E-state index is 12.2. The van der Waals surface area contributed by atoms with Gasteiger partial charge in [-0.2, -0.15) is 0 Å². The lowest BCUT2D eigenvalue weighted by Crippen LogP contribution is -2.37. The third-order valence-electron chi connectivity index (χ3n) is 3.60. The Labute approximate surface area is 155 Å². The van der Waals surface area contributed by atoms with Crippen LogP contribution in [0.1, 0.15) is 12.0 Å². The van der Waals surface area contributed by atoms with Gasteiger partial charge in [0, 0.05) is 18.2 Å². The first-order valence-corrected chi connectivity index (χ1v) is 8.08.